The van der Waals surface area contributed by atoms with E-state index in [-0.39, 0.29) is 5.49 Å². The van der Waals surface area contributed by atoms with Gasteiger partial charge < -0.3 is 42.3 Å². The number of thioether (sulfide) groups is 1. The Morgan fingerprint density at radius 3 is 2.47 bits per heavy atom. The number of rotatable bonds is 7. The first-order valence-corrected chi connectivity index (χ1v) is 10.1. The van der Waals surface area contributed by atoms with Gasteiger partial charge in [-0.1, -0.05) is 0 Å². The number of aliphatic hydroxyl groups is 4. The van der Waals surface area contributed by atoms with E-state index in [1.165, 1.54) is 19.3 Å². The van der Waals surface area contributed by atoms with Crippen LogP contribution in [0.1, 0.15) is 5.37 Å². The average molecular weight is 476 g/mol. The van der Waals surface area contributed by atoms with Gasteiger partial charge in [-0.15, -0.1) is 11.8 Å². The van der Waals surface area contributed by atoms with Gasteiger partial charge in [-0.3, -0.25) is 13.9 Å². The monoisotopic (exact) mass is 476 g/mol. The Morgan fingerprint density at radius 2 is 1.94 bits per heavy atom. The molecule has 2 rings (SSSR count). The van der Waals surface area contributed by atoms with Gasteiger partial charge in [-0.2, -0.15) is 4.99 Å². The van der Waals surface area contributed by atoms with Crippen LogP contribution in [0.4, 0.5) is 4.79 Å². The van der Waals surface area contributed by atoms with Crippen LogP contribution < -0.4 is 28.0 Å². The molecular formula is C16H24N6O9S. The molecule has 7 atom stereocenters. The van der Waals surface area contributed by atoms with Crippen LogP contribution in [0.25, 0.3) is 0 Å². The lowest BCUT2D eigenvalue weighted by atomic mass is 10.00. The number of carbonyl (C=O) groups is 3. The van der Waals surface area contributed by atoms with Crippen molar-refractivity contribution in [3.05, 3.63) is 28.2 Å². The predicted molar refractivity (Wildman–Crippen MR) is 108 cm³/mol. The van der Waals surface area contributed by atoms with Gasteiger partial charge in [0.1, 0.15) is 23.0 Å². The summed E-state index contributed by atoms with van der Waals surface area (Å²) in [6.07, 6.45) is -4.02. The number of primary amides is 1. The van der Waals surface area contributed by atoms with Crippen LogP contribution in [0.15, 0.2) is 22.1 Å². The summed E-state index contributed by atoms with van der Waals surface area (Å²) in [5.41, 5.74) is 9.49. The molecule has 16 heteroatoms. The number of nitrogens with two attached hydrogens (primary N) is 2. The van der Waals surface area contributed by atoms with Gasteiger partial charge in [0, 0.05) is 13.2 Å². The molecule has 32 heavy (non-hydrogen) atoms. The highest BCUT2D eigenvalue weighted by molar-refractivity contribution is 8.00. The molecule has 1 aliphatic heterocycles. The second-order valence-corrected chi connectivity index (χ2v) is 8.25. The highest BCUT2D eigenvalue weighted by Crippen LogP contribution is 2.43. The van der Waals surface area contributed by atoms with Crippen molar-refractivity contribution >= 4 is 29.7 Å². The van der Waals surface area contributed by atoms with E-state index in [0.717, 1.165) is 9.13 Å². The third kappa shape index (κ3) is 5.17. The molecule has 1 aliphatic rings. The highest BCUT2D eigenvalue weighted by Gasteiger charge is 2.50. The fourth-order valence-corrected chi connectivity index (χ4v) is 4.61. The first-order chi connectivity index (χ1) is 14.9. The summed E-state index contributed by atoms with van der Waals surface area (Å²) < 4.78 is 1.96. The molecule has 0 spiro atoms. The number of hydrogen-bond donors (Lipinski definition) is 8. The van der Waals surface area contributed by atoms with Crippen LogP contribution in [0.5, 0.6) is 0 Å². The third-order valence-electron chi connectivity index (χ3n) is 4.79. The van der Waals surface area contributed by atoms with E-state index in [9.17, 15) is 39.6 Å². The van der Waals surface area contributed by atoms with Crippen molar-refractivity contribution < 1.29 is 39.9 Å². The Morgan fingerprint density at radius 1 is 1.31 bits per heavy atom. The smallest absolute Gasteiger partial charge is 0.340 e. The molecule has 1 fully saturated rings. The number of aliphatic hydroxyl groups excluding tert-OH is 4. The van der Waals surface area contributed by atoms with Crippen LogP contribution >= 0.6 is 11.8 Å². The summed E-state index contributed by atoms with van der Waals surface area (Å²) >= 11 is 0.700. The fraction of sp³-hybridized carbons (Fsp3) is 0.562. The molecule has 0 bridgehead atoms. The minimum Gasteiger partial charge on any atom is -0.480 e. The molecule has 0 radical (unpaired) electrons. The van der Waals surface area contributed by atoms with Gasteiger partial charge in [0.25, 0.3) is 0 Å². The van der Waals surface area contributed by atoms with Crippen molar-refractivity contribution in [1.82, 2.24) is 14.5 Å². The Labute approximate surface area is 184 Å². The molecule has 10 N–H and O–H groups in total. The number of carbonyl (C=O) groups excluding carboxylic acids is 2. The van der Waals surface area contributed by atoms with Gasteiger partial charge in [0.15, 0.2) is 6.04 Å². The molecule has 1 saturated heterocycles. The Balaban J connectivity index is 2.34. The third-order valence-corrected chi connectivity index (χ3v) is 6.44. The normalized spacial score (nSPS) is 26.4. The number of urea groups is 1. The molecule has 178 valence electrons. The molecule has 3 amide bonds. The van der Waals surface area contributed by atoms with E-state index < -0.39 is 71.2 Å². The maximum Gasteiger partial charge on any atom is 0.340 e. The lowest BCUT2D eigenvalue weighted by Crippen LogP contribution is -2.57. The van der Waals surface area contributed by atoms with Crippen LogP contribution in [0.2, 0.25) is 0 Å². The minimum absolute atomic E-state index is 0.0674. The van der Waals surface area contributed by atoms with Crippen LogP contribution in [0, 0.1) is 0 Å². The first kappa shape index (κ1) is 25.5. The summed E-state index contributed by atoms with van der Waals surface area (Å²) in [5.74, 6) is -2.70. The van der Waals surface area contributed by atoms with E-state index in [1.807, 2.05) is 5.32 Å². The number of aliphatic carboxylic acids is 1. The average Bonchev–Trinajstić information content (AvgIpc) is 3.02. The SMILES string of the molecule is Cn1c(=O)n([C@@H]2S[C@H]([C@H](O)[C@@H](NC(=O)[C@@H](N)CO)C(=O)O)[C@H](O)[C@H]2O)cc/c1=N\C(N)=O. The van der Waals surface area contributed by atoms with Gasteiger partial charge >= 0.3 is 17.7 Å². The summed E-state index contributed by atoms with van der Waals surface area (Å²) in [4.78, 5) is 50.5. The summed E-state index contributed by atoms with van der Waals surface area (Å²) in [7, 11) is 1.29. The molecule has 0 aliphatic carbocycles. The minimum atomic E-state index is -1.93. The number of aromatic nitrogens is 2. The summed E-state index contributed by atoms with van der Waals surface area (Å²) in [5, 5.41) is 49.2. The lowest BCUT2D eigenvalue weighted by Gasteiger charge is -2.27. The fourth-order valence-electron chi connectivity index (χ4n) is 3.04. The van der Waals surface area contributed by atoms with Crippen molar-refractivity contribution in [1.29, 1.82) is 0 Å². The highest BCUT2D eigenvalue weighted by atomic mass is 32.2. The maximum atomic E-state index is 12.6. The van der Waals surface area contributed by atoms with Crippen LogP contribution in [-0.4, -0.2) is 94.8 Å². The largest absolute Gasteiger partial charge is 0.480 e. The van der Waals surface area contributed by atoms with E-state index in [2.05, 4.69) is 4.99 Å². The van der Waals surface area contributed by atoms with E-state index >= 15 is 0 Å². The number of carboxylic acids is 1. The number of nitrogens with zero attached hydrogens (tertiary/aromatic N) is 3. The Kier molecular flexibility index (Phi) is 8.16. The van der Waals surface area contributed by atoms with Gasteiger partial charge in [-0.05, 0) is 6.07 Å². The van der Waals surface area contributed by atoms with Crippen molar-refractivity contribution in [3.63, 3.8) is 0 Å². The molecule has 0 aromatic carbocycles. The molecule has 15 nitrogen and oxygen atoms in total. The van der Waals surface area contributed by atoms with Crippen molar-refractivity contribution in [2.75, 3.05) is 6.61 Å². The molecule has 0 saturated carbocycles. The molecule has 2 heterocycles. The van der Waals surface area contributed by atoms with E-state index in [0.29, 0.717) is 11.8 Å². The topological polar surface area (TPSA) is 256 Å². The maximum absolute atomic E-state index is 12.6. The zero-order valence-corrected chi connectivity index (χ0v) is 17.5. The predicted octanol–water partition coefficient (Wildman–Crippen LogP) is -5.25. The van der Waals surface area contributed by atoms with Crippen LogP contribution in [-0.2, 0) is 16.6 Å². The zero-order chi connectivity index (χ0) is 24.3. The molecule has 1 aromatic heterocycles. The van der Waals surface area contributed by atoms with Crippen molar-refractivity contribution in [2.24, 2.45) is 23.5 Å². The molecule has 0 unspecified atom stereocenters. The second kappa shape index (κ2) is 10.2. The standard InChI is InChI=1S/C16H24N6O9S/c1-21-6(19-15(18)30)2-3-22(16(21)31)13-10(26)9(25)11(32-13)8(24)7(14(28)29)20-12(27)5(17)4-23/h2-3,5,7-11,13,23-26H,4,17H2,1H3,(H2,18,30)(H,20,27)(H,28,29)/b19-6+/t5-,7+,8+,9+,10+,11+,13+/m0/s1. The van der Waals surface area contributed by atoms with Gasteiger partial charge in [-0.25, -0.2) is 14.4 Å². The van der Waals surface area contributed by atoms with E-state index in [1.54, 1.807) is 0 Å². The molecule has 1 aromatic rings. The quantitative estimate of drug-likeness (QED) is 0.184. The van der Waals surface area contributed by atoms with Crippen LogP contribution in [0.3, 0.4) is 0 Å². The molecular weight excluding hydrogens is 452 g/mol. The number of nitrogens with one attached hydrogen (secondary N) is 1. The van der Waals surface area contributed by atoms with Gasteiger partial charge in [0.2, 0.25) is 5.91 Å². The first-order valence-electron chi connectivity index (χ1n) is 9.12. The summed E-state index contributed by atoms with van der Waals surface area (Å²) in [6, 6.07) is -3.14. The second-order valence-electron chi connectivity index (χ2n) is 6.95. The Bertz CT molecular complexity index is 1010. The summed E-state index contributed by atoms with van der Waals surface area (Å²) in [6.45, 7) is -0.770. The number of hydrogen-bond acceptors (Lipinski definition) is 10. The number of carboxylic acid groups (broad SMARTS) is 1. The zero-order valence-electron chi connectivity index (χ0n) is 16.7. The van der Waals surface area contributed by atoms with Gasteiger partial charge in [0.05, 0.1) is 24.1 Å². The van der Waals surface area contributed by atoms with Crippen molar-refractivity contribution in [2.45, 2.75) is 41.0 Å². The Hall–Kier alpha value is -2.76. The number of amides is 3. The lowest BCUT2D eigenvalue weighted by molar-refractivity contribution is -0.146. The van der Waals surface area contributed by atoms with Crippen molar-refractivity contribution in [3.8, 4) is 0 Å². The van der Waals surface area contributed by atoms with E-state index in [4.69, 9.17) is 16.6 Å².